The van der Waals surface area contributed by atoms with Crippen molar-refractivity contribution in [3.05, 3.63) is 41.1 Å². The molecule has 0 N–H and O–H groups in total. The molecule has 5 nitrogen and oxygen atoms in total. The van der Waals surface area contributed by atoms with Gasteiger partial charge in [0.15, 0.2) is 0 Å². The molecule has 138 valence electrons. The van der Waals surface area contributed by atoms with E-state index in [4.69, 9.17) is 0 Å². The van der Waals surface area contributed by atoms with Gasteiger partial charge in [0.1, 0.15) is 5.65 Å². The van der Waals surface area contributed by atoms with Crippen LogP contribution in [0.5, 0.6) is 0 Å². The van der Waals surface area contributed by atoms with Crippen LogP contribution < -0.4 is 0 Å². The first-order chi connectivity index (χ1) is 12.6. The molecule has 0 aliphatic carbocycles. The summed E-state index contributed by atoms with van der Waals surface area (Å²) in [4.78, 5) is 30.7. The predicted molar refractivity (Wildman–Crippen MR) is 108 cm³/mol. The normalized spacial score (nSPS) is 16.4. The van der Waals surface area contributed by atoms with Gasteiger partial charge in [-0.2, -0.15) is 0 Å². The molecule has 1 aliphatic rings. The van der Waals surface area contributed by atoms with Crippen molar-refractivity contribution >= 4 is 40.3 Å². The molecule has 2 amide bonds. The van der Waals surface area contributed by atoms with Crippen LogP contribution in [0.1, 0.15) is 38.3 Å². The van der Waals surface area contributed by atoms with E-state index in [1.54, 1.807) is 11.8 Å². The lowest BCUT2D eigenvalue weighted by molar-refractivity contribution is -0.122. The molecule has 1 aliphatic heterocycles. The summed E-state index contributed by atoms with van der Waals surface area (Å²) in [5.41, 5.74) is 1.97. The van der Waals surface area contributed by atoms with Gasteiger partial charge in [-0.25, -0.2) is 4.98 Å². The van der Waals surface area contributed by atoms with E-state index in [1.807, 2.05) is 31.3 Å². The van der Waals surface area contributed by atoms with Crippen LogP contribution >= 0.6 is 23.5 Å². The molecular formula is C19H23N3O2S2. The number of imidazole rings is 1. The summed E-state index contributed by atoms with van der Waals surface area (Å²) in [6.07, 6.45) is 7.52. The first-order valence-electron chi connectivity index (χ1n) is 8.91. The number of rotatable bonds is 8. The lowest BCUT2D eigenvalue weighted by Gasteiger charge is -2.12. The summed E-state index contributed by atoms with van der Waals surface area (Å²) < 4.78 is 2.11. The zero-order valence-corrected chi connectivity index (χ0v) is 16.7. The fourth-order valence-corrected chi connectivity index (χ4v) is 4.67. The molecule has 2 aromatic rings. The van der Waals surface area contributed by atoms with E-state index in [-0.39, 0.29) is 11.1 Å². The summed E-state index contributed by atoms with van der Waals surface area (Å²) in [6, 6.07) is 6.11. The van der Waals surface area contributed by atoms with Crippen molar-refractivity contribution in [1.82, 2.24) is 14.3 Å². The van der Waals surface area contributed by atoms with E-state index in [0.29, 0.717) is 11.4 Å². The lowest BCUT2D eigenvalue weighted by Crippen LogP contribution is -2.29. The molecule has 0 spiro atoms. The molecule has 3 rings (SSSR count). The number of hydrogen-bond acceptors (Lipinski definition) is 5. The predicted octanol–water partition coefficient (Wildman–Crippen LogP) is 4.89. The van der Waals surface area contributed by atoms with Crippen molar-refractivity contribution in [3.8, 4) is 0 Å². The number of hydrogen-bond donors (Lipinski definition) is 0. The highest BCUT2D eigenvalue weighted by molar-refractivity contribution is 8.18. The van der Waals surface area contributed by atoms with Gasteiger partial charge in [-0.05, 0) is 55.8 Å². The highest BCUT2D eigenvalue weighted by atomic mass is 32.2. The van der Waals surface area contributed by atoms with Crippen LogP contribution in [0.3, 0.4) is 0 Å². The quantitative estimate of drug-likeness (QED) is 0.365. The van der Waals surface area contributed by atoms with E-state index in [2.05, 4.69) is 22.4 Å². The fourth-order valence-electron chi connectivity index (χ4n) is 2.78. The molecule has 1 saturated heterocycles. The Morgan fingerprint density at radius 2 is 2.12 bits per heavy atom. The third-order valence-electron chi connectivity index (χ3n) is 4.09. The van der Waals surface area contributed by atoms with Gasteiger partial charge in [0, 0.05) is 12.7 Å². The van der Waals surface area contributed by atoms with Crippen LogP contribution in [0.25, 0.3) is 5.65 Å². The van der Waals surface area contributed by atoms with Crippen LogP contribution in [0, 0.1) is 6.92 Å². The van der Waals surface area contributed by atoms with E-state index in [9.17, 15) is 9.59 Å². The van der Waals surface area contributed by atoms with E-state index in [0.717, 1.165) is 59.6 Å². The number of aryl methyl sites for hydroxylation is 1. The van der Waals surface area contributed by atoms with Gasteiger partial charge < -0.3 is 0 Å². The Hall–Kier alpha value is -1.73. The van der Waals surface area contributed by atoms with Crippen molar-refractivity contribution in [2.75, 3.05) is 12.3 Å². The number of carbonyl (C=O) groups excluding carboxylic acids is 2. The SMILES string of the molecule is CCC/C=C1/SC(=O)N(CCCCSc2cccc3nc(C)cn23)C1=O. The van der Waals surface area contributed by atoms with Crippen molar-refractivity contribution in [2.24, 2.45) is 0 Å². The smallest absolute Gasteiger partial charge is 0.293 e. The molecule has 0 unspecified atom stereocenters. The Kier molecular flexibility index (Phi) is 6.43. The molecular weight excluding hydrogens is 366 g/mol. The van der Waals surface area contributed by atoms with Crippen molar-refractivity contribution in [2.45, 2.75) is 44.6 Å². The number of thioether (sulfide) groups is 2. The van der Waals surface area contributed by atoms with Gasteiger partial charge in [0.25, 0.3) is 11.1 Å². The van der Waals surface area contributed by atoms with Gasteiger partial charge >= 0.3 is 0 Å². The van der Waals surface area contributed by atoms with Crippen molar-refractivity contribution < 1.29 is 9.59 Å². The Balaban J connectivity index is 1.47. The zero-order chi connectivity index (χ0) is 18.5. The third kappa shape index (κ3) is 4.32. The number of amides is 2. The van der Waals surface area contributed by atoms with E-state index >= 15 is 0 Å². The minimum absolute atomic E-state index is 0.125. The summed E-state index contributed by atoms with van der Waals surface area (Å²) in [5, 5.41) is 1.03. The zero-order valence-electron chi connectivity index (χ0n) is 15.1. The minimum Gasteiger partial charge on any atom is -0.294 e. The van der Waals surface area contributed by atoms with Crippen LogP contribution in [0.4, 0.5) is 4.79 Å². The minimum atomic E-state index is -0.135. The van der Waals surface area contributed by atoms with E-state index in [1.165, 1.54) is 4.90 Å². The standard InChI is InChI=1S/C19H23N3O2S2/c1-3-4-8-15-18(23)21(19(24)26-15)11-5-6-12-25-17-10-7-9-16-20-14(2)13-22(16)17/h7-10,13H,3-6,11-12H2,1-2H3/b15-8+. The summed E-state index contributed by atoms with van der Waals surface area (Å²) in [7, 11) is 0. The molecule has 0 aromatic carbocycles. The largest absolute Gasteiger partial charge is 0.294 e. The Labute approximate surface area is 162 Å². The van der Waals surface area contributed by atoms with Crippen LogP contribution in [0.2, 0.25) is 0 Å². The molecule has 0 bridgehead atoms. The Morgan fingerprint density at radius 1 is 1.27 bits per heavy atom. The Morgan fingerprint density at radius 3 is 2.92 bits per heavy atom. The van der Waals surface area contributed by atoms with E-state index < -0.39 is 0 Å². The molecule has 1 fully saturated rings. The number of fused-ring (bicyclic) bond motifs is 1. The molecule has 2 aromatic heterocycles. The first-order valence-corrected chi connectivity index (χ1v) is 10.7. The molecule has 7 heteroatoms. The van der Waals surface area contributed by atoms with Gasteiger partial charge in [-0.15, -0.1) is 11.8 Å². The average Bonchev–Trinajstić information content (AvgIpc) is 3.13. The van der Waals surface area contributed by atoms with Crippen LogP contribution in [0.15, 0.2) is 40.4 Å². The molecule has 0 radical (unpaired) electrons. The highest BCUT2D eigenvalue weighted by Gasteiger charge is 2.34. The van der Waals surface area contributed by atoms with Gasteiger partial charge in [-0.3, -0.25) is 18.9 Å². The lowest BCUT2D eigenvalue weighted by atomic mass is 10.3. The third-order valence-corrected chi connectivity index (χ3v) is 6.17. The second-order valence-corrected chi connectivity index (χ2v) is 8.32. The number of imide groups is 1. The summed E-state index contributed by atoms with van der Waals surface area (Å²) >= 11 is 2.85. The molecule has 0 saturated carbocycles. The van der Waals surface area contributed by atoms with Gasteiger partial charge in [0.05, 0.1) is 15.6 Å². The van der Waals surface area contributed by atoms with Crippen LogP contribution in [-0.4, -0.2) is 37.7 Å². The van der Waals surface area contributed by atoms with Crippen molar-refractivity contribution in [3.63, 3.8) is 0 Å². The molecule has 3 heterocycles. The second kappa shape index (κ2) is 8.77. The molecule has 26 heavy (non-hydrogen) atoms. The monoisotopic (exact) mass is 389 g/mol. The van der Waals surface area contributed by atoms with Gasteiger partial charge in [-0.1, -0.05) is 25.5 Å². The maximum absolute atomic E-state index is 12.3. The fraction of sp³-hybridized carbons (Fsp3) is 0.421. The first kappa shape index (κ1) is 19.0. The summed E-state index contributed by atoms with van der Waals surface area (Å²) in [5.74, 6) is 0.817. The van der Waals surface area contributed by atoms with Crippen LogP contribution in [-0.2, 0) is 4.79 Å². The number of allylic oxidation sites excluding steroid dienone is 1. The van der Waals surface area contributed by atoms with Gasteiger partial charge in [0.2, 0.25) is 0 Å². The molecule has 0 atom stereocenters. The summed E-state index contributed by atoms with van der Waals surface area (Å²) in [6.45, 7) is 4.56. The highest BCUT2D eigenvalue weighted by Crippen LogP contribution is 2.31. The van der Waals surface area contributed by atoms with Crippen molar-refractivity contribution in [1.29, 1.82) is 0 Å². The maximum atomic E-state index is 12.3. The number of pyridine rings is 1. The number of unbranched alkanes of at least 4 members (excludes halogenated alkanes) is 2. The average molecular weight is 390 g/mol. The second-order valence-electron chi connectivity index (χ2n) is 6.21. The number of aromatic nitrogens is 2. The number of carbonyl (C=O) groups is 2. The topological polar surface area (TPSA) is 54.7 Å². The number of nitrogens with zero attached hydrogens (tertiary/aromatic N) is 3. The Bertz CT molecular complexity index is 844. The maximum Gasteiger partial charge on any atom is 0.293 e.